The SMILES string of the molecule is CCn1c(CCc2nn[nH]n2)nnc1N(C)Cc1ccccc1. The highest BCUT2D eigenvalue weighted by Crippen LogP contribution is 2.16. The Morgan fingerprint density at radius 3 is 2.61 bits per heavy atom. The van der Waals surface area contributed by atoms with E-state index in [2.05, 4.69) is 59.3 Å². The fourth-order valence-corrected chi connectivity index (χ4v) is 2.56. The highest BCUT2D eigenvalue weighted by molar-refractivity contribution is 5.32. The molecule has 3 aromatic rings. The fourth-order valence-electron chi connectivity index (χ4n) is 2.56. The van der Waals surface area contributed by atoms with Gasteiger partial charge in [-0.1, -0.05) is 35.5 Å². The molecule has 0 bridgehead atoms. The number of aryl methyl sites for hydroxylation is 2. The lowest BCUT2D eigenvalue weighted by Crippen LogP contribution is -2.21. The van der Waals surface area contributed by atoms with E-state index >= 15 is 0 Å². The lowest BCUT2D eigenvalue weighted by atomic mass is 10.2. The Morgan fingerprint density at radius 2 is 1.91 bits per heavy atom. The van der Waals surface area contributed by atoms with Gasteiger partial charge in [0, 0.05) is 33.0 Å². The minimum atomic E-state index is 0.690. The fraction of sp³-hybridized carbons (Fsp3) is 0.400. The molecule has 8 heteroatoms. The van der Waals surface area contributed by atoms with Crippen LogP contribution in [0.1, 0.15) is 24.1 Å². The van der Waals surface area contributed by atoms with Crippen LogP contribution in [0.25, 0.3) is 0 Å². The molecule has 0 aliphatic carbocycles. The quantitative estimate of drug-likeness (QED) is 0.706. The Morgan fingerprint density at radius 1 is 1.09 bits per heavy atom. The van der Waals surface area contributed by atoms with Gasteiger partial charge in [-0.2, -0.15) is 5.21 Å². The molecule has 0 saturated heterocycles. The van der Waals surface area contributed by atoms with Crippen molar-refractivity contribution in [3.63, 3.8) is 0 Å². The Hall–Kier alpha value is -2.77. The van der Waals surface area contributed by atoms with Crippen LogP contribution in [-0.2, 0) is 25.9 Å². The molecule has 0 unspecified atom stereocenters. The zero-order chi connectivity index (χ0) is 16.1. The molecule has 3 rings (SSSR count). The molecule has 0 spiro atoms. The summed E-state index contributed by atoms with van der Waals surface area (Å²) in [6.45, 7) is 3.72. The summed E-state index contributed by atoms with van der Waals surface area (Å²) < 4.78 is 2.13. The van der Waals surface area contributed by atoms with Gasteiger partial charge in [-0.3, -0.25) is 4.57 Å². The van der Waals surface area contributed by atoms with E-state index in [1.807, 2.05) is 25.2 Å². The molecule has 0 amide bonds. The molecule has 1 N–H and O–H groups in total. The van der Waals surface area contributed by atoms with Gasteiger partial charge in [0.2, 0.25) is 5.95 Å². The molecule has 2 aromatic heterocycles. The van der Waals surface area contributed by atoms with E-state index in [0.29, 0.717) is 12.2 Å². The van der Waals surface area contributed by atoms with Crippen LogP contribution in [0.4, 0.5) is 5.95 Å². The summed E-state index contributed by atoms with van der Waals surface area (Å²) >= 11 is 0. The predicted molar refractivity (Wildman–Crippen MR) is 85.8 cm³/mol. The Balaban J connectivity index is 1.72. The van der Waals surface area contributed by atoms with Crippen molar-refractivity contribution in [2.45, 2.75) is 32.9 Å². The van der Waals surface area contributed by atoms with Crippen molar-refractivity contribution in [2.75, 3.05) is 11.9 Å². The predicted octanol–water partition coefficient (Wildman–Crippen LogP) is 1.23. The van der Waals surface area contributed by atoms with E-state index in [-0.39, 0.29) is 0 Å². The lowest BCUT2D eigenvalue weighted by Gasteiger charge is -2.19. The van der Waals surface area contributed by atoms with Crippen LogP contribution in [0, 0.1) is 0 Å². The standard InChI is InChI=1S/C15H20N8/c1-3-23-14(10-9-13-16-20-21-17-13)18-19-15(23)22(2)11-12-7-5-4-6-8-12/h4-8H,3,9-11H2,1-2H3,(H,16,17,20,21). The van der Waals surface area contributed by atoms with Crippen LogP contribution < -0.4 is 4.90 Å². The monoisotopic (exact) mass is 312 g/mol. The molecular formula is C15H20N8. The zero-order valence-corrected chi connectivity index (χ0v) is 13.3. The Kier molecular flexibility index (Phi) is 4.60. The van der Waals surface area contributed by atoms with Gasteiger partial charge in [0.1, 0.15) is 5.82 Å². The van der Waals surface area contributed by atoms with Crippen molar-refractivity contribution in [2.24, 2.45) is 0 Å². The highest BCUT2D eigenvalue weighted by Gasteiger charge is 2.15. The van der Waals surface area contributed by atoms with Crippen LogP contribution in [0.2, 0.25) is 0 Å². The number of nitrogens with zero attached hydrogens (tertiary/aromatic N) is 7. The molecule has 2 heterocycles. The van der Waals surface area contributed by atoms with Crippen LogP contribution in [-0.4, -0.2) is 42.4 Å². The van der Waals surface area contributed by atoms with Gasteiger partial charge in [0.15, 0.2) is 5.82 Å². The van der Waals surface area contributed by atoms with Gasteiger partial charge in [-0.15, -0.1) is 20.4 Å². The van der Waals surface area contributed by atoms with Gasteiger partial charge in [-0.25, -0.2) is 0 Å². The number of aromatic nitrogens is 7. The van der Waals surface area contributed by atoms with E-state index < -0.39 is 0 Å². The largest absolute Gasteiger partial charge is 0.340 e. The second-order valence-corrected chi connectivity index (χ2v) is 5.33. The number of tetrazole rings is 1. The highest BCUT2D eigenvalue weighted by atomic mass is 15.5. The zero-order valence-electron chi connectivity index (χ0n) is 13.3. The summed E-state index contributed by atoms with van der Waals surface area (Å²) in [5.41, 5.74) is 1.24. The van der Waals surface area contributed by atoms with Crippen LogP contribution in [0.5, 0.6) is 0 Å². The average Bonchev–Trinajstić information content (AvgIpc) is 3.23. The first-order valence-electron chi connectivity index (χ1n) is 7.67. The van der Waals surface area contributed by atoms with Crippen molar-refractivity contribution in [1.82, 2.24) is 35.4 Å². The number of benzene rings is 1. The molecule has 0 fully saturated rings. The molecular weight excluding hydrogens is 292 g/mol. The topological polar surface area (TPSA) is 88.4 Å². The molecule has 23 heavy (non-hydrogen) atoms. The lowest BCUT2D eigenvalue weighted by molar-refractivity contribution is 0.668. The van der Waals surface area contributed by atoms with Gasteiger partial charge >= 0.3 is 0 Å². The van der Waals surface area contributed by atoms with Crippen LogP contribution in [0.3, 0.4) is 0 Å². The Labute approximate surface area is 134 Å². The van der Waals surface area contributed by atoms with Gasteiger partial charge < -0.3 is 4.90 Å². The number of hydrogen-bond donors (Lipinski definition) is 1. The van der Waals surface area contributed by atoms with E-state index in [4.69, 9.17) is 0 Å². The summed E-state index contributed by atoms with van der Waals surface area (Å²) in [5.74, 6) is 2.50. The molecule has 8 nitrogen and oxygen atoms in total. The second-order valence-electron chi connectivity index (χ2n) is 5.33. The molecule has 0 radical (unpaired) electrons. The first-order chi connectivity index (χ1) is 11.3. The minimum absolute atomic E-state index is 0.690. The molecule has 0 aliphatic rings. The van der Waals surface area contributed by atoms with Crippen molar-refractivity contribution in [1.29, 1.82) is 0 Å². The maximum atomic E-state index is 4.36. The van der Waals surface area contributed by atoms with Gasteiger partial charge in [-0.05, 0) is 12.5 Å². The first kappa shape index (κ1) is 15.1. The number of hydrogen-bond acceptors (Lipinski definition) is 6. The first-order valence-corrected chi connectivity index (χ1v) is 7.67. The molecule has 1 aromatic carbocycles. The molecule has 0 aliphatic heterocycles. The summed E-state index contributed by atoms with van der Waals surface area (Å²) in [5, 5.41) is 22.7. The van der Waals surface area contributed by atoms with Gasteiger partial charge in [0.05, 0.1) is 0 Å². The van der Waals surface area contributed by atoms with E-state index in [1.165, 1.54) is 5.56 Å². The summed E-state index contributed by atoms with van der Waals surface area (Å²) in [4.78, 5) is 2.11. The average molecular weight is 312 g/mol. The molecule has 0 saturated carbocycles. The third-order valence-corrected chi connectivity index (χ3v) is 3.69. The number of rotatable bonds is 7. The van der Waals surface area contributed by atoms with Crippen molar-refractivity contribution in [3.8, 4) is 0 Å². The van der Waals surface area contributed by atoms with E-state index in [1.54, 1.807) is 0 Å². The van der Waals surface area contributed by atoms with E-state index in [9.17, 15) is 0 Å². The third kappa shape index (κ3) is 3.53. The van der Waals surface area contributed by atoms with Crippen LogP contribution >= 0.6 is 0 Å². The van der Waals surface area contributed by atoms with Crippen molar-refractivity contribution < 1.29 is 0 Å². The normalized spacial score (nSPS) is 10.9. The number of aromatic amines is 1. The Bertz CT molecular complexity index is 719. The smallest absolute Gasteiger partial charge is 0.227 e. The molecule has 0 atom stereocenters. The van der Waals surface area contributed by atoms with E-state index in [0.717, 1.165) is 31.3 Å². The number of H-pyrrole nitrogens is 1. The van der Waals surface area contributed by atoms with Crippen LogP contribution in [0.15, 0.2) is 30.3 Å². The summed E-state index contributed by atoms with van der Waals surface area (Å²) in [6, 6.07) is 10.3. The molecule has 120 valence electrons. The second kappa shape index (κ2) is 6.99. The van der Waals surface area contributed by atoms with Crippen molar-refractivity contribution >= 4 is 5.95 Å². The van der Waals surface area contributed by atoms with Gasteiger partial charge in [0.25, 0.3) is 0 Å². The maximum Gasteiger partial charge on any atom is 0.227 e. The maximum absolute atomic E-state index is 4.36. The number of anilines is 1. The van der Waals surface area contributed by atoms with Crippen molar-refractivity contribution in [3.05, 3.63) is 47.5 Å². The number of nitrogens with one attached hydrogen (secondary N) is 1. The third-order valence-electron chi connectivity index (χ3n) is 3.69. The minimum Gasteiger partial charge on any atom is -0.340 e. The summed E-state index contributed by atoms with van der Waals surface area (Å²) in [6.07, 6.45) is 1.43. The summed E-state index contributed by atoms with van der Waals surface area (Å²) in [7, 11) is 2.03.